The average molecular weight is 455 g/mol. The van der Waals surface area contributed by atoms with Crippen LogP contribution in [0.5, 0.6) is 0 Å². The van der Waals surface area contributed by atoms with Crippen LogP contribution in [0.15, 0.2) is 84.0 Å². The van der Waals surface area contributed by atoms with Gasteiger partial charge < -0.3 is 9.94 Å². The molecular weight excluding hydrogens is 431 g/mol. The summed E-state index contributed by atoms with van der Waals surface area (Å²) in [6, 6.07) is 25.1. The summed E-state index contributed by atoms with van der Waals surface area (Å²) in [7, 11) is 0. The van der Waals surface area contributed by atoms with Crippen molar-refractivity contribution in [1.29, 1.82) is 0 Å². The molecule has 0 spiro atoms. The molecule has 0 saturated heterocycles. The van der Waals surface area contributed by atoms with E-state index in [0.717, 1.165) is 22.4 Å². The van der Waals surface area contributed by atoms with Crippen molar-refractivity contribution < 1.29 is 9.94 Å². The molecule has 1 aliphatic rings. The van der Waals surface area contributed by atoms with Crippen LogP contribution in [-0.2, 0) is 11.4 Å². The van der Waals surface area contributed by atoms with Crippen molar-refractivity contribution in [2.24, 2.45) is 5.16 Å². The predicted octanol–water partition coefficient (Wildman–Crippen LogP) is 5.72. The van der Waals surface area contributed by atoms with Crippen LogP contribution in [0.1, 0.15) is 29.2 Å². The van der Waals surface area contributed by atoms with E-state index in [1.165, 1.54) is 0 Å². The monoisotopic (exact) mass is 454 g/mol. The zero-order chi connectivity index (χ0) is 21.6. The van der Waals surface area contributed by atoms with Crippen molar-refractivity contribution >= 4 is 28.9 Å². The van der Waals surface area contributed by atoms with Gasteiger partial charge >= 0.3 is 0 Å². The van der Waals surface area contributed by atoms with Gasteiger partial charge in [0.2, 0.25) is 0 Å². The van der Waals surface area contributed by atoms with E-state index in [1.807, 2.05) is 78.9 Å². The number of rotatable bonds is 8. The fourth-order valence-corrected chi connectivity index (χ4v) is 4.09. The van der Waals surface area contributed by atoms with Gasteiger partial charge in [-0.3, -0.25) is 4.90 Å². The van der Waals surface area contributed by atoms with Crippen LogP contribution < -0.4 is 0 Å². The highest BCUT2D eigenvalue weighted by Gasteiger charge is 2.26. The lowest BCUT2D eigenvalue weighted by molar-refractivity contribution is 0.0318. The van der Waals surface area contributed by atoms with Crippen molar-refractivity contribution in [1.82, 2.24) is 4.90 Å². The Kier molecular flexibility index (Phi) is 7.25. The lowest BCUT2D eigenvalue weighted by atomic mass is 10.0. The van der Waals surface area contributed by atoms with Crippen molar-refractivity contribution in [3.8, 4) is 0 Å². The molecule has 1 aliphatic heterocycles. The second kappa shape index (κ2) is 10.3. The topological polar surface area (TPSA) is 45.1 Å². The van der Waals surface area contributed by atoms with Gasteiger partial charge in [-0.2, -0.15) is 0 Å². The molecule has 3 aromatic rings. The van der Waals surface area contributed by atoms with Gasteiger partial charge in [-0.1, -0.05) is 83.0 Å². The van der Waals surface area contributed by atoms with E-state index in [2.05, 4.69) is 10.1 Å². The van der Waals surface area contributed by atoms with Gasteiger partial charge in [0, 0.05) is 36.1 Å². The second-order valence-corrected chi connectivity index (χ2v) is 8.60. The molecule has 0 bridgehead atoms. The number of hydrogen-bond donors (Lipinski definition) is 1. The Morgan fingerprint density at radius 1 is 0.968 bits per heavy atom. The fourth-order valence-electron chi connectivity index (χ4n) is 3.75. The summed E-state index contributed by atoms with van der Waals surface area (Å²) in [5, 5.41) is 16.5. The van der Waals surface area contributed by atoms with Gasteiger partial charge in [0.05, 0.1) is 11.8 Å². The van der Waals surface area contributed by atoms with Gasteiger partial charge in [-0.25, -0.2) is 0 Å². The summed E-state index contributed by atoms with van der Waals surface area (Å²) in [5.41, 5.74) is 3.90. The lowest BCUT2D eigenvalue weighted by Crippen LogP contribution is -2.35. The molecule has 31 heavy (non-hydrogen) atoms. The molecule has 0 aromatic heterocycles. The first kappa shape index (κ1) is 21.8. The maximum atomic E-state index is 10.8. The summed E-state index contributed by atoms with van der Waals surface area (Å²) >= 11 is 12.2. The largest absolute Gasteiger partial charge is 0.390 e. The molecule has 4 rings (SSSR count). The smallest absolute Gasteiger partial charge is 0.145 e. The van der Waals surface area contributed by atoms with E-state index in [4.69, 9.17) is 28.0 Å². The molecule has 0 radical (unpaired) electrons. The van der Waals surface area contributed by atoms with Gasteiger partial charge in [0.25, 0.3) is 0 Å². The third-order valence-electron chi connectivity index (χ3n) is 5.28. The number of hydrogen-bond acceptors (Lipinski definition) is 4. The summed E-state index contributed by atoms with van der Waals surface area (Å²) in [6.45, 7) is 1.77. The van der Waals surface area contributed by atoms with E-state index in [-0.39, 0.29) is 6.10 Å². The number of nitrogens with zero attached hydrogens (tertiary/aromatic N) is 2. The Bertz CT molecular complexity index is 1030. The summed E-state index contributed by atoms with van der Waals surface area (Å²) in [6.07, 6.45) is 0.0149. The molecule has 2 atom stereocenters. The standard InChI is InChI=1S/C25H24Cl2N2O2/c26-21-11-9-19(10-12-21)24-14-23(31-28-24)16-29(15-18-5-4-8-22(27)13-18)17-25(30)20-6-2-1-3-7-20/h1-13,23,25,30H,14-17H2. The highest BCUT2D eigenvalue weighted by Crippen LogP contribution is 2.22. The first-order valence-electron chi connectivity index (χ1n) is 10.3. The van der Waals surface area contributed by atoms with Gasteiger partial charge in [0.15, 0.2) is 0 Å². The fraction of sp³-hybridized carbons (Fsp3) is 0.240. The van der Waals surface area contributed by atoms with E-state index < -0.39 is 6.10 Å². The summed E-state index contributed by atoms with van der Waals surface area (Å²) in [5.74, 6) is 0. The number of benzene rings is 3. The summed E-state index contributed by atoms with van der Waals surface area (Å²) < 4.78 is 0. The van der Waals surface area contributed by atoms with E-state index in [0.29, 0.717) is 36.1 Å². The highest BCUT2D eigenvalue weighted by atomic mass is 35.5. The Morgan fingerprint density at radius 2 is 1.74 bits per heavy atom. The molecule has 1 N–H and O–H groups in total. The number of aliphatic hydroxyl groups is 1. The maximum absolute atomic E-state index is 10.8. The highest BCUT2D eigenvalue weighted by molar-refractivity contribution is 6.31. The molecule has 4 nitrogen and oxygen atoms in total. The minimum atomic E-state index is -0.599. The van der Waals surface area contributed by atoms with Crippen molar-refractivity contribution in [3.63, 3.8) is 0 Å². The second-order valence-electron chi connectivity index (χ2n) is 7.73. The number of aliphatic hydroxyl groups excluding tert-OH is 1. The van der Waals surface area contributed by atoms with Crippen LogP contribution in [0.4, 0.5) is 0 Å². The van der Waals surface area contributed by atoms with E-state index in [9.17, 15) is 5.11 Å². The molecule has 0 fully saturated rings. The van der Waals surface area contributed by atoms with E-state index in [1.54, 1.807) is 0 Å². The molecule has 160 valence electrons. The Labute approximate surface area is 192 Å². The molecule has 1 heterocycles. The van der Waals surface area contributed by atoms with Crippen LogP contribution in [0.3, 0.4) is 0 Å². The molecule has 3 aromatic carbocycles. The van der Waals surface area contributed by atoms with E-state index >= 15 is 0 Å². The number of oxime groups is 1. The normalized spacial score (nSPS) is 16.8. The minimum absolute atomic E-state index is 0.0900. The third-order valence-corrected chi connectivity index (χ3v) is 5.77. The SMILES string of the molecule is OC(CN(Cc1cccc(Cl)c1)CC1CC(c2ccc(Cl)cc2)=NO1)c1ccccc1. The zero-order valence-electron chi connectivity index (χ0n) is 17.0. The predicted molar refractivity (Wildman–Crippen MR) is 126 cm³/mol. The zero-order valence-corrected chi connectivity index (χ0v) is 18.5. The first-order chi connectivity index (χ1) is 15.1. The van der Waals surface area contributed by atoms with Crippen LogP contribution >= 0.6 is 23.2 Å². The molecule has 0 aliphatic carbocycles. The molecule has 6 heteroatoms. The van der Waals surface area contributed by atoms with Gasteiger partial charge in [-0.15, -0.1) is 0 Å². The average Bonchev–Trinajstić information content (AvgIpc) is 3.23. The quantitative estimate of drug-likeness (QED) is 0.473. The minimum Gasteiger partial charge on any atom is -0.390 e. The summed E-state index contributed by atoms with van der Waals surface area (Å²) in [4.78, 5) is 7.92. The van der Waals surface area contributed by atoms with Crippen molar-refractivity contribution in [2.45, 2.75) is 25.2 Å². The van der Waals surface area contributed by atoms with Gasteiger partial charge in [0.1, 0.15) is 6.10 Å². The third kappa shape index (κ3) is 6.08. The van der Waals surface area contributed by atoms with Crippen LogP contribution in [0.2, 0.25) is 10.0 Å². The number of halogens is 2. The molecule has 2 unspecified atom stereocenters. The molecular formula is C25H24Cl2N2O2. The van der Waals surface area contributed by atoms with Crippen molar-refractivity contribution in [3.05, 3.63) is 106 Å². The van der Waals surface area contributed by atoms with Crippen LogP contribution in [0.25, 0.3) is 0 Å². The van der Waals surface area contributed by atoms with Crippen LogP contribution in [-0.4, -0.2) is 34.9 Å². The molecule has 0 saturated carbocycles. The lowest BCUT2D eigenvalue weighted by Gasteiger charge is -2.27. The van der Waals surface area contributed by atoms with Gasteiger partial charge in [-0.05, 0) is 41.0 Å². The first-order valence-corrected chi connectivity index (χ1v) is 11.0. The van der Waals surface area contributed by atoms with Crippen LogP contribution in [0, 0.1) is 0 Å². The molecule has 0 amide bonds. The maximum Gasteiger partial charge on any atom is 0.145 e. The Morgan fingerprint density at radius 3 is 2.48 bits per heavy atom. The Hall–Kier alpha value is -2.37. The van der Waals surface area contributed by atoms with Crippen molar-refractivity contribution in [2.75, 3.05) is 13.1 Å². The Balaban J connectivity index is 1.44.